The van der Waals surface area contributed by atoms with Crippen LogP contribution < -0.4 is 0 Å². The maximum absolute atomic E-state index is 13.5. The Kier molecular flexibility index (Phi) is 6.77. The Bertz CT molecular complexity index is 1050. The highest BCUT2D eigenvalue weighted by Crippen LogP contribution is 2.29. The first-order chi connectivity index (χ1) is 15.3. The molecule has 0 N–H and O–H groups in total. The highest BCUT2D eigenvalue weighted by molar-refractivity contribution is 7.89. The van der Waals surface area contributed by atoms with Gasteiger partial charge in [-0.1, -0.05) is 37.3 Å². The van der Waals surface area contributed by atoms with Gasteiger partial charge < -0.3 is 9.47 Å². The van der Waals surface area contributed by atoms with Gasteiger partial charge in [0.25, 0.3) is 5.91 Å². The maximum Gasteiger partial charge on any atom is 0.270 e. The van der Waals surface area contributed by atoms with E-state index in [-0.39, 0.29) is 10.8 Å². The van der Waals surface area contributed by atoms with Crippen LogP contribution in [0.2, 0.25) is 0 Å². The zero-order valence-electron chi connectivity index (χ0n) is 19.5. The molecule has 0 saturated carbocycles. The molecular weight excluding hydrogens is 422 g/mol. The van der Waals surface area contributed by atoms with Crippen molar-refractivity contribution in [1.29, 1.82) is 0 Å². The summed E-state index contributed by atoms with van der Waals surface area (Å²) in [5, 5.41) is 0. The van der Waals surface area contributed by atoms with Crippen LogP contribution in [0.3, 0.4) is 0 Å². The molecule has 6 nitrogen and oxygen atoms in total. The third-order valence-corrected chi connectivity index (χ3v) is 9.35. The lowest BCUT2D eigenvalue weighted by atomic mass is 9.91. The number of nitrogens with zero attached hydrogens (tertiary/aromatic N) is 3. The summed E-state index contributed by atoms with van der Waals surface area (Å²) in [6.45, 7) is 6.54. The molecule has 1 aromatic carbocycles. The molecule has 7 heteroatoms. The van der Waals surface area contributed by atoms with Crippen LogP contribution in [0.4, 0.5) is 0 Å². The summed E-state index contributed by atoms with van der Waals surface area (Å²) in [5.41, 5.74) is 2.41. The van der Waals surface area contributed by atoms with E-state index >= 15 is 0 Å². The molecule has 2 aliphatic rings. The molecule has 32 heavy (non-hydrogen) atoms. The summed E-state index contributed by atoms with van der Waals surface area (Å²) in [7, 11) is -1.83. The van der Waals surface area contributed by atoms with E-state index in [2.05, 4.69) is 31.2 Å². The van der Waals surface area contributed by atoms with Crippen molar-refractivity contribution >= 4 is 15.9 Å². The lowest BCUT2D eigenvalue weighted by molar-refractivity contribution is 0.0687. The van der Waals surface area contributed by atoms with Gasteiger partial charge in [-0.25, -0.2) is 8.42 Å². The monoisotopic (exact) mass is 457 g/mol. The van der Waals surface area contributed by atoms with Crippen LogP contribution in [0.5, 0.6) is 0 Å². The fourth-order valence-corrected chi connectivity index (χ4v) is 6.69. The molecule has 2 aromatic rings. The van der Waals surface area contributed by atoms with Crippen LogP contribution >= 0.6 is 0 Å². The Morgan fingerprint density at radius 3 is 2.25 bits per heavy atom. The van der Waals surface area contributed by atoms with Crippen molar-refractivity contribution in [1.82, 2.24) is 13.8 Å². The molecule has 174 valence electrons. The van der Waals surface area contributed by atoms with Crippen molar-refractivity contribution in [2.24, 2.45) is 18.9 Å². The zero-order valence-corrected chi connectivity index (χ0v) is 20.3. The van der Waals surface area contributed by atoms with Crippen molar-refractivity contribution in [3.05, 3.63) is 53.3 Å². The van der Waals surface area contributed by atoms with E-state index in [1.807, 2.05) is 11.0 Å². The molecule has 2 aliphatic heterocycles. The maximum atomic E-state index is 13.5. The van der Waals surface area contributed by atoms with Crippen molar-refractivity contribution in [3.63, 3.8) is 0 Å². The molecule has 2 fully saturated rings. The second kappa shape index (κ2) is 9.40. The predicted octanol–water partition coefficient (Wildman–Crippen LogP) is 3.85. The number of carbonyl (C=O) groups is 1. The highest BCUT2D eigenvalue weighted by atomic mass is 32.2. The standard InChI is InChI=1S/C25H35N3O3S/c1-19-9-13-27(14-10-19)25(29)23-18-24(20(2)26(23)3)32(30,31)28-15-11-22(12-16-28)17-21-7-5-4-6-8-21/h4-8,18-19,22H,9-17H2,1-3H3. The molecule has 0 aliphatic carbocycles. The highest BCUT2D eigenvalue weighted by Gasteiger charge is 2.34. The Morgan fingerprint density at radius 2 is 1.62 bits per heavy atom. The van der Waals surface area contributed by atoms with E-state index in [4.69, 9.17) is 0 Å². The first-order valence-corrected chi connectivity index (χ1v) is 13.2. The topological polar surface area (TPSA) is 62.6 Å². The molecule has 0 atom stereocenters. The van der Waals surface area contributed by atoms with Gasteiger partial charge in [0.15, 0.2) is 0 Å². The number of hydrogen-bond donors (Lipinski definition) is 0. The van der Waals surface area contributed by atoms with Crippen molar-refractivity contribution < 1.29 is 13.2 Å². The van der Waals surface area contributed by atoms with Gasteiger partial charge in [0, 0.05) is 38.9 Å². The number of rotatable bonds is 5. The second-order valence-corrected chi connectivity index (χ2v) is 11.5. The summed E-state index contributed by atoms with van der Waals surface area (Å²) in [4.78, 5) is 15.2. The van der Waals surface area contributed by atoms with Crippen molar-refractivity contribution in [2.75, 3.05) is 26.2 Å². The number of carbonyl (C=O) groups excluding carboxylic acids is 1. The lowest BCUT2D eigenvalue weighted by Crippen LogP contribution is -2.39. The molecule has 4 rings (SSSR count). The number of likely N-dealkylation sites (tertiary alicyclic amines) is 1. The number of benzene rings is 1. The van der Waals surface area contributed by atoms with Crippen LogP contribution in [-0.4, -0.2) is 54.3 Å². The minimum Gasteiger partial charge on any atom is -0.343 e. The van der Waals surface area contributed by atoms with Crippen LogP contribution in [0, 0.1) is 18.8 Å². The Hall–Kier alpha value is -2.12. The Balaban J connectivity index is 1.46. The smallest absolute Gasteiger partial charge is 0.270 e. The van der Waals surface area contributed by atoms with E-state index in [9.17, 15) is 13.2 Å². The SMILES string of the molecule is Cc1c(S(=O)(=O)N2CCC(Cc3ccccc3)CC2)cc(C(=O)N2CCC(C)CC2)n1C. The van der Waals surface area contributed by atoms with Gasteiger partial charge in [-0.3, -0.25) is 4.79 Å². The predicted molar refractivity (Wildman–Crippen MR) is 126 cm³/mol. The summed E-state index contributed by atoms with van der Waals surface area (Å²) in [5.74, 6) is 1.07. The average Bonchev–Trinajstić information content (AvgIpc) is 3.10. The van der Waals surface area contributed by atoms with Crippen LogP contribution in [0.25, 0.3) is 0 Å². The first-order valence-electron chi connectivity index (χ1n) is 11.8. The fraction of sp³-hybridized carbons (Fsp3) is 0.560. The van der Waals surface area contributed by atoms with Gasteiger partial charge in [-0.05, 0) is 62.5 Å². The van der Waals surface area contributed by atoms with Crippen LogP contribution in [0.15, 0.2) is 41.3 Å². The molecule has 1 aromatic heterocycles. The lowest BCUT2D eigenvalue weighted by Gasteiger charge is -2.31. The molecule has 1 amide bonds. The molecule has 0 spiro atoms. The third-order valence-electron chi connectivity index (χ3n) is 7.34. The number of sulfonamides is 1. The van der Waals surface area contributed by atoms with Crippen LogP contribution in [0.1, 0.15) is 54.4 Å². The number of aromatic nitrogens is 1. The molecule has 0 radical (unpaired) electrons. The minimum absolute atomic E-state index is 0.0643. The second-order valence-electron chi connectivity index (χ2n) is 9.55. The summed E-state index contributed by atoms with van der Waals surface area (Å²) in [6, 6.07) is 12.0. The van der Waals surface area contributed by atoms with Gasteiger partial charge in [0.1, 0.15) is 10.6 Å². The van der Waals surface area contributed by atoms with E-state index in [1.54, 1.807) is 28.9 Å². The van der Waals surface area contributed by atoms with Gasteiger partial charge >= 0.3 is 0 Å². The molecule has 2 saturated heterocycles. The number of hydrogen-bond acceptors (Lipinski definition) is 3. The normalized spacial score (nSPS) is 19.4. The van der Waals surface area contributed by atoms with Gasteiger partial charge in [0.05, 0.1) is 0 Å². The Labute approximate surface area is 192 Å². The van der Waals surface area contributed by atoms with Crippen molar-refractivity contribution in [3.8, 4) is 0 Å². The average molecular weight is 458 g/mol. The van der Waals surface area contributed by atoms with Gasteiger partial charge in [0.2, 0.25) is 10.0 Å². The Morgan fingerprint density at radius 1 is 1.00 bits per heavy atom. The quantitative estimate of drug-likeness (QED) is 0.685. The van der Waals surface area contributed by atoms with Gasteiger partial charge in [-0.2, -0.15) is 4.31 Å². The van der Waals surface area contributed by atoms with Gasteiger partial charge in [-0.15, -0.1) is 0 Å². The third kappa shape index (κ3) is 4.64. The van der Waals surface area contributed by atoms with E-state index in [0.29, 0.717) is 36.3 Å². The van der Waals surface area contributed by atoms with Crippen LogP contribution in [-0.2, 0) is 23.5 Å². The van der Waals surface area contributed by atoms with E-state index in [0.717, 1.165) is 45.2 Å². The van der Waals surface area contributed by atoms with E-state index < -0.39 is 10.0 Å². The summed E-state index contributed by atoms with van der Waals surface area (Å²) < 4.78 is 30.3. The molecule has 0 bridgehead atoms. The number of piperidine rings is 2. The molecule has 3 heterocycles. The van der Waals surface area contributed by atoms with Crippen molar-refractivity contribution in [2.45, 2.75) is 50.8 Å². The summed E-state index contributed by atoms with van der Waals surface area (Å²) in [6.07, 6.45) is 4.71. The molecular formula is C25H35N3O3S. The zero-order chi connectivity index (χ0) is 22.9. The first kappa shape index (κ1) is 23.1. The number of amides is 1. The minimum atomic E-state index is -3.62. The van der Waals surface area contributed by atoms with E-state index in [1.165, 1.54) is 5.56 Å². The largest absolute Gasteiger partial charge is 0.343 e. The molecule has 0 unspecified atom stereocenters. The summed E-state index contributed by atoms with van der Waals surface area (Å²) >= 11 is 0. The fourth-order valence-electron chi connectivity index (χ4n) is 4.95.